The molecule has 0 fully saturated rings. The summed E-state index contributed by atoms with van der Waals surface area (Å²) < 4.78 is 0. The van der Waals surface area contributed by atoms with Crippen LogP contribution in [-0.2, 0) is 23.6 Å². The summed E-state index contributed by atoms with van der Waals surface area (Å²) in [5, 5.41) is 3.25. The van der Waals surface area contributed by atoms with Crippen molar-refractivity contribution in [2.24, 2.45) is 0 Å². The third-order valence-corrected chi connectivity index (χ3v) is 1.87. The second-order valence-corrected chi connectivity index (χ2v) is 3.04. The summed E-state index contributed by atoms with van der Waals surface area (Å²) in [6, 6.07) is 18.4. The SMILES string of the molecule is CCNC[c-]1cccc1.[Fe+2].c1cc[cH-]c1. The van der Waals surface area contributed by atoms with Gasteiger partial charge >= 0.3 is 17.1 Å². The first-order valence-corrected chi connectivity index (χ1v) is 5.01. The molecule has 0 saturated heterocycles. The summed E-state index contributed by atoms with van der Waals surface area (Å²) >= 11 is 0. The van der Waals surface area contributed by atoms with Gasteiger partial charge in [0.25, 0.3) is 0 Å². The Labute approximate surface area is 103 Å². The Kier molecular flexibility index (Phi) is 9.19. The van der Waals surface area contributed by atoms with Crippen molar-refractivity contribution >= 4 is 0 Å². The monoisotopic (exact) mass is 243 g/mol. The molecule has 0 atom stereocenters. The van der Waals surface area contributed by atoms with Crippen LogP contribution in [0.4, 0.5) is 0 Å². The van der Waals surface area contributed by atoms with Crippen molar-refractivity contribution in [2.75, 3.05) is 6.54 Å². The molecule has 0 saturated carbocycles. The molecule has 0 spiro atoms. The fourth-order valence-electron chi connectivity index (χ4n) is 1.12. The summed E-state index contributed by atoms with van der Waals surface area (Å²) in [5.74, 6) is 0. The van der Waals surface area contributed by atoms with Crippen molar-refractivity contribution in [2.45, 2.75) is 13.5 Å². The van der Waals surface area contributed by atoms with Crippen molar-refractivity contribution < 1.29 is 17.1 Å². The second kappa shape index (κ2) is 9.72. The van der Waals surface area contributed by atoms with Crippen LogP contribution in [0.3, 0.4) is 0 Å². The molecule has 2 aromatic rings. The predicted molar refractivity (Wildman–Crippen MR) is 61.5 cm³/mol. The van der Waals surface area contributed by atoms with Gasteiger partial charge in [-0.2, -0.15) is 30.3 Å². The van der Waals surface area contributed by atoms with E-state index in [0.29, 0.717) is 0 Å². The molecule has 2 aromatic carbocycles. The van der Waals surface area contributed by atoms with Gasteiger partial charge in [-0.25, -0.2) is 24.3 Å². The van der Waals surface area contributed by atoms with Gasteiger partial charge in [0.1, 0.15) is 0 Å². The molecule has 2 heteroatoms. The van der Waals surface area contributed by atoms with Gasteiger partial charge in [-0.05, 0) is 13.1 Å². The fourth-order valence-corrected chi connectivity index (χ4v) is 1.12. The number of rotatable bonds is 3. The molecular weight excluding hydrogens is 226 g/mol. The zero-order valence-electron chi connectivity index (χ0n) is 8.96. The van der Waals surface area contributed by atoms with E-state index in [9.17, 15) is 0 Å². The molecule has 15 heavy (non-hydrogen) atoms. The largest absolute Gasteiger partial charge is 2.00 e. The molecule has 0 amide bonds. The van der Waals surface area contributed by atoms with Crippen molar-refractivity contribution in [3.8, 4) is 0 Å². The smallest absolute Gasteiger partial charge is 0.324 e. The topological polar surface area (TPSA) is 12.0 Å². The van der Waals surface area contributed by atoms with E-state index in [0.717, 1.165) is 13.1 Å². The Morgan fingerprint density at radius 1 is 1.07 bits per heavy atom. The van der Waals surface area contributed by atoms with Crippen molar-refractivity contribution in [3.05, 3.63) is 60.2 Å². The summed E-state index contributed by atoms with van der Waals surface area (Å²) in [5.41, 5.74) is 1.37. The van der Waals surface area contributed by atoms with Crippen LogP contribution in [0, 0.1) is 0 Å². The van der Waals surface area contributed by atoms with Crippen LogP contribution in [0.25, 0.3) is 0 Å². The summed E-state index contributed by atoms with van der Waals surface area (Å²) in [7, 11) is 0. The first-order chi connectivity index (χ1) is 6.93. The molecule has 0 radical (unpaired) electrons. The average Bonchev–Trinajstić information content (AvgIpc) is 2.90. The normalized spacial score (nSPS) is 8.60. The number of hydrogen-bond acceptors (Lipinski definition) is 1. The third-order valence-electron chi connectivity index (χ3n) is 1.87. The first-order valence-electron chi connectivity index (χ1n) is 5.01. The number of hydrogen-bond donors (Lipinski definition) is 1. The van der Waals surface area contributed by atoms with Gasteiger partial charge < -0.3 is 5.32 Å². The van der Waals surface area contributed by atoms with Gasteiger partial charge in [0.15, 0.2) is 0 Å². The van der Waals surface area contributed by atoms with E-state index in [-0.39, 0.29) is 17.1 Å². The van der Waals surface area contributed by atoms with Gasteiger partial charge in [0.05, 0.1) is 0 Å². The van der Waals surface area contributed by atoms with E-state index in [1.807, 2.05) is 30.3 Å². The minimum absolute atomic E-state index is 0. The maximum absolute atomic E-state index is 3.25. The van der Waals surface area contributed by atoms with Crippen LogP contribution in [0.5, 0.6) is 0 Å². The van der Waals surface area contributed by atoms with Crippen LogP contribution in [0.1, 0.15) is 12.5 Å². The van der Waals surface area contributed by atoms with Gasteiger partial charge in [0, 0.05) is 0 Å². The Bertz CT molecular complexity index is 267. The van der Waals surface area contributed by atoms with Gasteiger partial charge in [0.2, 0.25) is 0 Å². The summed E-state index contributed by atoms with van der Waals surface area (Å²) in [6.07, 6.45) is 0. The minimum Gasteiger partial charge on any atom is -0.324 e. The Morgan fingerprint density at radius 2 is 1.67 bits per heavy atom. The van der Waals surface area contributed by atoms with Crippen LogP contribution < -0.4 is 5.32 Å². The van der Waals surface area contributed by atoms with Crippen LogP contribution >= 0.6 is 0 Å². The van der Waals surface area contributed by atoms with Gasteiger partial charge in [-0.1, -0.05) is 6.92 Å². The minimum atomic E-state index is 0. The summed E-state index contributed by atoms with van der Waals surface area (Å²) in [4.78, 5) is 0. The first kappa shape index (κ1) is 14.2. The molecule has 1 nitrogen and oxygen atoms in total. The summed E-state index contributed by atoms with van der Waals surface area (Å²) in [6.45, 7) is 4.16. The Morgan fingerprint density at radius 3 is 2.07 bits per heavy atom. The molecule has 0 aliphatic rings. The van der Waals surface area contributed by atoms with E-state index >= 15 is 0 Å². The average molecular weight is 243 g/mol. The maximum Gasteiger partial charge on any atom is 2.00 e. The van der Waals surface area contributed by atoms with Crippen LogP contribution in [0.2, 0.25) is 0 Å². The van der Waals surface area contributed by atoms with Gasteiger partial charge in [-0.15, -0.1) is 5.56 Å². The van der Waals surface area contributed by atoms with E-state index in [2.05, 4.69) is 36.5 Å². The number of nitrogens with one attached hydrogen (secondary N) is 1. The Hall–Kier alpha value is -0.821. The van der Waals surface area contributed by atoms with E-state index in [1.54, 1.807) is 0 Å². The van der Waals surface area contributed by atoms with E-state index in [1.165, 1.54) is 5.56 Å². The molecule has 0 bridgehead atoms. The zero-order chi connectivity index (χ0) is 10.1. The molecule has 0 aliphatic heterocycles. The fraction of sp³-hybridized carbons (Fsp3) is 0.231. The molecule has 1 N–H and O–H groups in total. The molecule has 0 aliphatic carbocycles. The van der Waals surface area contributed by atoms with Crippen LogP contribution in [-0.4, -0.2) is 6.54 Å². The molecule has 2 rings (SSSR count). The van der Waals surface area contributed by atoms with E-state index < -0.39 is 0 Å². The molecule has 0 aromatic heterocycles. The van der Waals surface area contributed by atoms with Crippen LogP contribution in [0.15, 0.2) is 54.6 Å². The molecule has 82 valence electrons. The third kappa shape index (κ3) is 7.15. The quantitative estimate of drug-likeness (QED) is 0.645. The molecule has 0 unspecified atom stereocenters. The second-order valence-electron chi connectivity index (χ2n) is 3.04. The molecule has 0 heterocycles. The predicted octanol–water partition coefficient (Wildman–Crippen LogP) is 2.92. The zero-order valence-corrected chi connectivity index (χ0v) is 10.1. The van der Waals surface area contributed by atoms with Gasteiger partial charge in [-0.3, -0.25) is 0 Å². The molecular formula is C13H17FeN. The Balaban J connectivity index is 0.000000280. The van der Waals surface area contributed by atoms with Crippen molar-refractivity contribution in [3.63, 3.8) is 0 Å². The maximum atomic E-state index is 3.25. The van der Waals surface area contributed by atoms with Crippen molar-refractivity contribution in [1.29, 1.82) is 0 Å². The van der Waals surface area contributed by atoms with Crippen molar-refractivity contribution in [1.82, 2.24) is 5.32 Å². The van der Waals surface area contributed by atoms with E-state index in [4.69, 9.17) is 0 Å². The standard InChI is InChI=1S/C8H12N.C5H5.Fe/c1-2-9-7-8-5-3-4-6-8;1-2-4-5-3-1;/h3-6,9H,2,7H2,1H3;1-5H;/q2*-1;+2.